The fraction of sp³-hybridized carbons (Fsp3) is 0.267. The monoisotopic (exact) mass is 304 g/mol. The highest BCUT2D eigenvalue weighted by molar-refractivity contribution is 7.13. The molecule has 0 saturated carbocycles. The Morgan fingerprint density at radius 3 is 2.71 bits per heavy atom. The predicted molar refractivity (Wildman–Crippen MR) is 81.5 cm³/mol. The lowest BCUT2D eigenvalue weighted by atomic mass is 10.1. The van der Waals surface area contributed by atoms with E-state index in [9.17, 15) is 9.59 Å². The molecule has 2 rings (SSSR count). The van der Waals surface area contributed by atoms with Crippen molar-refractivity contribution in [2.24, 2.45) is 0 Å². The molecule has 0 atom stereocenters. The third-order valence-electron chi connectivity index (χ3n) is 2.83. The van der Waals surface area contributed by atoms with E-state index in [1.54, 1.807) is 0 Å². The molecule has 1 aromatic heterocycles. The topological polar surface area (TPSA) is 79.3 Å². The van der Waals surface area contributed by atoms with Crippen LogP contribution in [0.2, 0.25) is 0 Å². The van der Waals surface area contributed by atoms with Crippen molar-refractivity contribution >= 4 is 28.3 Å². The van der Waals surface area contributed by atoms with Gasteiger partial charge in [0.05, 0.1) is 12.1 Å². The van der Waals surface area contributed by atoms with E-state index in [1.165, 1.54) is 11.3 Å². The molecule has 0 radical (unpaired) electrons. The van der Waals surface area contributed by atoms with E-state index >= 15 is 0 Å². The zero-order chi connectivity index (χ0) is 15.1. The number of aromatic nitrogens is 1. The van der Waals surface area contributed by atoms with Crippen molar-refractivity contribution in [3.8, 4) is 0 Å². The van der Waals surface area contributed by atoms with E-state index in [1.807, 2.05) is 35.7 Å². The summed E-state index contributed by atoms with van der Waals surface area (Å²) in [6.45, 7) is 0. The lowest BCUT2D eigenvalue weighted by Crippen LogP contribution is -2.14. The lowest BCUT2D eigenvalue weighted by Gasteiger charge is -2.01. The van der Waals surface area contributed by atoms with Crippen LogP contribution < -0.4 is 5.32 Å². The van der Waals surface area contributed by atoms with E-state index in [-0.39, 0.29) is 12.3 Å². The Morgan fingerprint density at radius 1 is 1.24 bits per heavy atom. The van der Waals surface area contributed by atoms with Gasteiger partial charge in [-0.15, -0.1) is 11.3 Å². The van der Waals surface area contributed by atoms with Gasteiger partial charge in [0, 0.05) is 11.8 Å². The number of amides is 1. The second-order valence-electron chi connectivity index (χ2n) is 4.60. The zero-order valence-electron chi connectivity index (χ0n) is 11.4. The molecule has 110 valence electrons. The summed E-state index contributed by atoms with van der Waals surface area (Å²) in [6, 6.07) is 9.50. The quantitative estimate of drug-likeness (QED) is 0.824. The minimum Gasteiger partial charge on any atom is -0.481 e. The largest absolute Gasteiger partial charge is 0.481 e. The number of carboxylic acids is 1. The first-order valence-electron chi connectivity index (χ1n) is 6.63. The van der Waals surface area contributed by atoms with Crippen molar-refractivity contribution in [1.82, 2.24) is 4.98 Å². The second kappa shape index (κ2) is 7.54. The molecule has 0 saturated heterocycles. The van der Waals surface area contributed by atoms with Crippen LogP contribution in [-0.2, 0) is 22.4 Å². The first-order valence-corrected chi connectivity index (χ1v) is 7.51. The number of carbonyl (C=O) groups excluding carboxylic acids is 1. The molecule has 6 heteroatoms. The summed E-state index contributed by atoms with van der Waals surface area (Å²) >= 11 is 1.36. The molecular formula is C15H16N2O3S. The maximum absolute atomic E-state index is 11.9. The van der Waals surface area contributed by atoms with Gasteiger partial charge in [-0.3, -0.25) is 9.59 Å². The van der Waals surface area contributed by atoms with Crippen molar-refractivity contribution in [2.75, 3.05) is 5.32 Å². The van der Waals surface area contributed by atoms with Gasteiger partial charge < -0.3 is 10.4 Å². The number of hydrogen-bond acceptors (Lipinski definition) is 4. The highest BCUT2D eigenvalue weighted by Crippen LogP contribution is 2.17. The third-order valence-corrected chi connectivity index (χ3v) is 3.64. The lowest BCUT2D eigenvalue weighted by molar-refractivity contribution is -0.137. The Kier molecular flexibility index (Phi) is 5.45. The molecule has 5 nitrogen and oxygen atoms in total. The van der Waals surface area contributed by atoms with Crippen LogP contribution in [0.3, 0.4) is 0 Å². The summed E-state index contributed by atoms with van der Waals surface area (Å²) in [6.07, 6.45) is 1.61. The van der Waals surface area contributed by atoms with Crippen molar-refractivity contribution in [3.05, 3.63) is 47.0 Å². The number of benzene rings is 1. The minimum absolute atomic E-state index is 0.104. The average Bonchev–Trinajstić information content (AvgIpc) is 2.86. The van der Waals surface area contributed by atoms with Crippen LogP contribution in [0.5, 0.6) is 0 Å². The second-order valence-corrected chi connectivity index (χ2v) is 5.46. The molecule has 2 N–H and O–H groups in total. The van der Waals surface area contributed by atoms with Gasteiger partial charge in [-0.1, -0.05) is 30.3 Å². The summed E-state index contributed by atoms with van der Waals surface area (Å²) < 4.78 is 0. The van der Waals surface area contributed by atoms with Crippen LogP contribution >= 0.6 is 11.3 Å². The van der Waals surface area contributed by atoms with Gasteiger partial charge in [0.15, 0.2) is 5.13 Å². The average molecular weight is 304 g/mol. The Bertz CT molecular complexity index is 610. The maximum Gasteiger partial charge on any atom is 0.303 e. The van der Waals surface area contributed by atoms with Crippen molar-refractivity contribution in [2.45, 2.75) is 25.7 Å². The Morgan fingerprint density at radius 2 is 2.00 bits per heavy atom. The number of nitrogens with one attached hydrogen (secondary N) is 1. The minimum atomic E-state index is -0.804. The number of carbonyl (C=O) groups is 2. The predicted octanol–water partition coefficient (Wildman–Crippen LogP) is 2.73. The molecule has 21 heavy (non-hydrogen) atoms. The maximum atomic E-state index is 11.9. The normalized spacial score (nSPS) is 10.3. The molecule has 0 fully saturated rings. The van der Waals surface area contributed by atoms with Gasteiger partial charge >= 0.3 is 5.97 Å². The summed E-state index contributed by atoms with van der Waals surface area (Å²) in [4.78, 5) is 26.6. The van der Waals surface area contributed by atoms with Crippen LogP contribution in [0.4, 0.5) is 5.13 Å². The van der Waals surface area contributed by atoms with Crippen molar-refractivity contribution < 1.29 is 14.7 Å². The Labute approximate surface area is 126 Å². The summed E-state index contributed by atoms with van der Waals surface area (Å²) in [7, 11) is 0. The van der Waals surface area contributed by atoms with Gasteiger partial charge in [-0.05, 0) is 18.4 Å². The van der Waals surface area contributed by atoms with Gasteiger partial charge in [-0.25, -0.2) is 4.98 Å². The SMILES string of the molecule is O=C(O)CCCc1csc(NC(=O)Cc2ccccc2)n1. The number of hydrogen-bond donors (Lipinski definition) is 2. The van der Waals surface area contributed by atoms with Crippen LogP contribution in [0.15, 0.2) is 35.7 Å². The first kappa shape index (κ1) is 15.2. The van der Waals surface area contributed by atoms with E-state index in [0.29, 0.717) is 24.4 Å². The number of nitrogens with zero attached hydrogens (tertiary/aromatic N) is 1. The molecule has 1 heterocycles. The van der Waals surface area contributed by atoms with Crippen LogP contribution in [-0.4, -0.2) is 22.0 Å². The zero-order valence-corrected chi connectivity index (χ0v) is 12.2. The molecule has 0 aliphatic heterocycles. The standard InChI is InChI=1S/C15H16N2O3S/c18-13(9-11-5-2-1-3-6-11)17-15-16-12(10-21-15)7-4-8-14(19)20/h1-3,5-6,10H,4,7-9H2,(H,19,20)(H,16,17,18). The number of thiazole rings is 1. The molecule has 0 unspecified atom stereocenters. The summed E-state index contributed by atoms with van der Waals surface area (Å²) in [5.74, 6) is -0.908. The van der Waals surface area contributed by atoms with Crippen LogP contribution in [0.1, 0.15) is 24.1 Å². The summed E-state index contributed by atoms with van der Waals surface area (Å²) in [5.41, 5.74) is 1.77. The fourth-order valence-corrected chi connectivity index (χ4v) is 2.61. The number of aliphatic carboxylic acids is 1. The molecule has 0 bridgehead atoms. The Balaban J connectivity index is 1.81. The molecule has 1 amide bonds. The number of rotatable bonds is 7. The van der Waals surface area contributed by atoms with E-state index in [2.05, 4.69) is 10.3 Å². The molecule has 2 aromatic rings. The Hall–Kier alpha value is -2.21. The number of aryl methyl sites for hydroxylation is 1. The van der Waals surface area contributed by atoms with Crippen LogP contribution in [0.25, 0.3) is 0 Å². The number of anilines is 1. The van der Waals surface area contributed by atoms with Crippen molar-refractivity contribution in [1.29, 1.82) is 0 Å². The van der Waals surface area contributed by atoms with E-state index in [0.717, 1.165) is 11.3 Å². The fourth-order valence-electron chi connectivity index (χ4n) is 1.84. The smallest absolute Gasteiger partial charge is 0.303 e. The van der Waals surface area contributed by atoms with Gasteiger partial charge in [0.25, 0.3) is 0 Å². The third kappa shape index (κ3) is 5.35. The molecule has 1 aromatic carbocycles. The first-order chi connectivity index (χ1) is 10.1. The van der Waals surface area contributed by atoms with Gasteiger partial charge in [-0.2, -0.15) is 0 Å². The van der Waals surface area contributed by atoms with Crippen molar-refractivity contribution in [3.63, 3.8) is 0 Å². The molecule has 0 spiro atoms. The molecule has 0 aliphatic carbocycles. The number of carboxylic acid groups (broad SMARTS) is 1. The summed E-state index contributed by atoms with van der Waals surface area (Å²) in [5, 5.41) is 13.7. The van der Waals surface area contributed by atoms with E-state index in [4.69, 9.17) is 5.11 Å². The highest BCUT2D eigenvalue weighted by atomic mass is 32.1. The highest BCUT2D eigenvalue weighted by Gasteiger charge is 2.08. The van der Waals surface area contributed by atoms with E-state index < -0.39 is 5.97 Å². The molecule has 0 aliphatic rings. The molecular weight excluding hydrogens is 288 g/mol. The van der Waals surface area contributed by atoms with Crippen LogP contribution in [0, 0.1) is 0 Å². The van der Waals surface area contributed by atoms with Gasteiger partial charge in [0.2, 0.25) is 5.91 Å². The van der Waals surface area contributed by atoms with Gasteiger partial charge in [0.1, 0.15) is 0 Å².